The van der Waals surface area contributed by atoms with Crippen molar-refractivity contribution in [3.63, 3.8) is 0 Å². The lowest BCUT2D eigenvalue weighted by Gasteiger charge is -2.22. The standard InChI is InChI=1S/C24H27N3O4/c1-17(2)14-25-23(28)22-13-21(31-26-22)16-27(15-18-8-5-4-6-9-18)24(29)19-10-7-11-20(12-19)30-3/h4-13,17H,14-16H2,1-3H3,(H,25,28). The van der Waals surface area contributed by atoms with Gasteiger partial charge < -0.3 is 19.5 Å². The third-order valence-electron chi connectivity index (χ3n) is 4.63. The fourth-order valence-corrected chi connectivity index (χ4v) is 3.01. The first-order valence-corrected chi connectivity index (χ1v) is 10.2. The number of benzene rings is 2. The van der Waals surface area contributed by atoms with Crippen LogP contribution in [0.5, 0.6) is 5.75 Å². The van der Waals surface area contributed by atoms with E-state index in [4.69, 9.17) is 9.26 Å². The van der Waals surface area contributed by atoms with Crippen molar-refractivity contribution in [2.24, 2.45) is 5.92 Å². The summed E-state index contributed by atoms with van der Waals surface area (Å²) in [5, 5.41) is 6.68. The highest BCUT2D eigenvalue weighted by Gasteiger charge is 2.21. The summed E-state index contributed by atoms with van der Waals surface area (Å²) in [6.45, 7) is 5.14. The van der Waals surface area contributed by atoms with Crippen LogP contribution in [0.1, 0.15) is 46.0 Å². The van der Waals surface area contributed by atoms with Crippen molar-refractivity contribution in [2.45, 2.75) is 26.9 Å². The second-order valence-electron chi connectivity index (χ2n) is 7.66. The number of aromatic nitrogens is 1. The van der Waals surface area contributed by atoms with Gasteiger partial charge in [0.25, 0.3) is 11.8 Å². The van der Waals surface area contributed by atoms with E-state index in [0.29, 0.717) is 36.1 Å². The maximum Gasteiger partial charge on any atom is 0.273 e. The second-order valence-corrected chi connectivity index (χ2v) is 7.66. The summed E-state index contributed by atoms with van der Waals surface area (Å²) in [5.74, 6) is 0.899. The number of hydrogen-bond acceptors (Lipinski definition) is 5. The number of nitrogens with one attached hydrogen (secondary N) is 1. The fourth-order valence-electron chi connectivity index (χ4n) is 3.01. The molecule has 1 aromatic heterocycles. The molecule has 0 spiro atoms. The average molecular weight is 421 g/mol. The van der Waals surface area contributed by atoms with Crippen LogP contribution >= 0.6 is 0 Å². The Morgan fingerprint density at radius 3 is 2.55 bits per heavy atom. The molecular formula is C24H27N3O4. The quantitative estimate of drug-likeness (QED) is 0.566. The highest BCUT2D eigenvalue weighted by atomic mass is 16.5. The Morgan fingerprint density at radius 2 is 1.84 bits per heavy atom. The molecule has 7 heteroatoms. The minimum absolute atomic E-state index is 0.176. The molecule has 3 rings (SSSR count). The molecule has 0 atom stereocenters. The van der Waals surface area contributed by atoms with Crippen LogP contribution in [0.15, 0.2) is 65.2 Å². The molecule has 0 aliphatic heterocycles. The number of rotatable bonds is 9. The van der Waals surface area contributed by atoms with Gasteiger partial charge in [-0.2, -0.15) is 0 Å². The van der Waals surface area contributed by atoms with Crippen LogP contribution in [-0.4, -0.2) is 35.5 Å². The molecule has 0 saturated carbocycles. The van der Waals surface area contributed by atoms with E-state index in [-0.39, 0.29) is 24.1 Å². The van der Waals surface area contributed by atoms with Crippen molar-refractivity contribution in [3.05, 3.63) is 83.2 Å². The van der Waals surface area contributed by atoms with Gasteiger partial charge in [-0.15, -0.1) is 0 Å². The summed E-state index contributed by atoms with van der Waals surface area (Å²) in [6.07, 6.45) is 0. The van der Waals surface area contributed by atoms with Crippen molar-refractivity contribution >= 4 is 11.8 Å². The predicted octanol–water partition coefficient (Wildman–Crippen LogP) is 3.91. The molecule has 1 heterocycles. The second kappa shape index (κ2) is 10.4. The molecular weight excluding hydrogens is 394 g/mol. The first-order valence-electron chi connectivity index (χ1n) is 10.2. The Kier molecular flexibility index (Phi) is 7.43. The largest absolute Gasteiger partial charge is 0.497 e. The molecule has 0 bridgehead atoms. The van der Waals surface area contributed by atoms with Crippen molar-refractivity contribution in [3.8, 4) is 5.75 Å². The number of amides is 2. The lowest BCUT2D eigenvalue weighted by molar-refractivity contribution is 0.0712. The predicted molar refractivity (Wildman–Crippen MR) is 117 cm³/mol. The molecule has 0 saturated heterocycles. The van der Waals surface area contributed by atoms with E-state index >= 15 is 0 Å². The first kappa shape index (κ1) is 22.1. The van der Waals surface area contributed by atoms with Gasteiger partial charge in [-0.05, 0) is 29.7 Å². The molecule has 0 fully saturated rings. The van der Waals surface area contributed by atoms with E-state index in [1.165, 1.54) is 0 Å². The molecule has 3 aromatic rings. The van der Waals surface area contributed by atoms with Crippen LogP contribution in [0, 0.1) is 5.92 Å². The SMILES string of the molecule is COc1cccc(C(=O)N(Cc2ccccc2)Cc2cc(C(=O)NCC(C)C)no2)c1. The van der Waals surface area contributed by atoms with Gasteiger partial charge in [0.05, 0.1) is 13.7 Å². The molecule has 2 aromatic carbocycles. The molecule has 0 radical (unpaired) electrons. The molecule has 0 aliphatic rings. The van der Waals surface area contributed by atoms with E-state index in [1.807, 2.05) is 44.2 Å². The Labute approximate surface area is 182 Å². The maximum atomic E-state index is 13.3. The smallest absolute Gasteiger partial charge is 0.273 e. The summed E-state index contributed by atoms with van der Waals surface area (Å²) >= 11 is 0. The van der Waals surface area contributed by atoms with Crippen LogP contribution in [-0.2, 0) is 13.1 Å². The maximum absolute atomic E-state index is 13.3. The number of methoxy groups -OCH3 is 1. The van der Waals surface area contributed by atoms with Crippen molar-refractivity contribution < 1.29 is 18.8 Å². The third kappa shape index (κ3) is 6.18. The van der Waals surface area contributed by atoms with Crippen molar-refractivity contribution in [1.29, 1.82) is 0 Å². The van der Waals surface area contributed by atoms with Gasteiger partial charge in [0, 0.05) is 24.7 Å². The van der Waals surface area contributed by atoms with E-state index in [1.54, 1.807) is 42.3 Å². The monoisotopic (exact) mass is 421 g/mol. The Balaban J connectivity index is 1.80. The first-order chi connectivity index (χ1) is 15.0. The van der Waals surface area contributed by atoms with E-state index < -0.39 is 0 Å². The summed E-state index contributed by atoms with van der Waals surface area (Å²) in [4.78, 5) is 27.2. The van der Waals surface area contributed by atoms with E-state index in [2.05, 4.69) is 10.5 Å². The minimum Gasteiger partial charge on any atom is -0.497 e. The lowest BCUT2D eigenvalue weighted by atomic mass is 10.1. The lowest BCUT2D eigenvalue weighted by Crippen LogP contribution is -2.30. The number of carbonyl (C=O) groups is 2. The topological polar surface area (TPSA) is 84.7 Å². The highest BCUT2D eigenvalue weighted by molar-refractivity contribution is 5.94. The summed E-state index contributed by atoms with van der Waals surface area (Å²) in [7, 11) is 1.56. The normalized spacial score (nSPS) is 10.7. The van der Waals surface area contributed by atoms with E-state index in [9.17, 15) is 9.59 Å². The number of nitrogens with zero attached hydrogens (tertiary/aromatic N) is 2. The number of ether oxygens (including phenoxy) is 1. The van der Waals surface area contributed by atoms with Crippen LogP contribution in [0.2, 0.25) is 0 Å². The molecule has 0 unspecified atom stereocenters. The molecule has 7 nitrogen and oxygen atoms in total. The molecule has 0 aliphatic carbocycles. The van der Waals surface area contributed by atoms with Gasteiger partial charge in [-0.1, -0.05) is 55.4 Å². The molecule has 1 N–H and O–H groups in total. The Morgan fingerprint density at radius 1 is 1.06 bits per heavy atom. The highest BCUT2D eigenvalue weighted by Crippen LogP contribution is 2.18. The van der Waals surface area contributed by atoms with Crippen LogP contribution in [0.4, 0.5) is 0 Å². The molecule has 2 amide bonds. The Hall–Kier alpha value is -3.61. The third-order valence-corrected chi connectivity index (χ3v) is 4.63. The summed E-state index contributed by atoms with van der Waals surface area (Å²) < 4.78 is 10.6. The van der Waals surface area contributed by atoms with Crippen LogP contribution in [0.3, 0.4) is 0 Å². The number of carbonyl (C=O) groups excluding carboxylic acids is 2. The zero-order valence-corrected chi connectivity index (χ0v) is 18.0. The zero-order valence-electron chi connectivity index (χ0n) is 18.0. The Bertz CT molecular complexity index is 1010. The molecule has 31 heavy (non-hydrogen) atoms. The summed E-state index contributed by atoms with van der Waals surface area (Å²) in [5.41, 5.74) is 1.68. The minimum atomic E-state index is -0.294. The zero-order chi connectivity index (χ0) is 22.2. The van der Waals surface area contributed by atoms with Gasteiger partial charge >= 0.3 is 0 Å². The van der Waals surface area contributed by atoms with Crippen LogP contribution < -0.4 is 10.1 Å². The molecule has 162 valence electrons. The van der Waals surface area contributed by atoms with E-state index in [0.717, 1.165) is 5.56 Å². The van der Waals surface area contributed by atoms with Crippen molar-refractivity contribution in [2.75, 3.05) is 13.7 Å². The van der Waals surface area contributed by atoms with Gasteiger partial charge in [-0.3, -0.25) is 9.59 Å². The van der Waals surface area contributed by atoms with Gasteiger partial charge in [0.15, 0.2) is 11.5 Å². The van der Waals surface area contributed by atoms with Gasteiger partial charge in [-0.25, -0.2) is 0 Å². The van der Waals surface area contributed by atoms with Crippen LogP contribution in [0.25, 0.3) is 0 Å². The number of hydrogen-bond donors (Lipinski definition) is 1. The summed E-state index contributed by atoms with van der Waals surface area (Å²) in [6, 6.07) is 18.3. The van der Waals surface area contributed by atoms with Gasteiger partial charge in [0.1, 0.15) is 5.75 Å². The van der Waals surface area contributed by atoms with Gasteiger partial charge in [0.2, 0.25) is 0 Å². The fraction of sp³-hybridized carbons (Fsp3) is 0.292. The average Bonchev–Trinajstić information content (AvgIpc) is 3.26. The van der Waals surface area contributed by atoms with Crippen molar-refractivity contribution in [1.82, 2.24) is 15.4 Å².